The average Bonchev–Trinajstić information content (AvgIpc) is 3.98. The lowest BCUT2D eigenvalue weighted by Gasteiger charge is -2.14. The first-order valence-electron chi connectivity index (χ1n) is 14.3. The van der Waals surface area contributed by atoms with E-state index in [-0.39, 0.29) is 34.6 Å². The van der Waals surface area contributed by atoms with Crippen LogP contribution in [0.2, 0.25) is 5.28 Å². The van der Waals surface area contributed by atoms with E-state index in [0.717, 1.165) is 25.1 Å². The van der Waals surface area contributed by atoms with E-state index in [2.05, 4.69) is 56.3 Å². The Morgan fingerprint density at radius 2 is 1.16 bits per heavy atom. The Hall–Kier alpha value is -3.92. The number of halogens is 2. The highest BCUT2D eigenvalue weighted by atomic mass is 35.5. The van der Waals surface area contributed by atoms with Crippen LogP contribution in [0, 0.1) is 0 Å². The van der Waals surface area contributed by atoms with Gasteiger partial charge in [0.05, 0.1) is 24.3 Å². The molecule has 0 radical (unpaired) electrons. The number of ether oxygens (including phenoxy) is 2. The van der Waals surface area contributed by atoms with Crippen LogP contribution in [0.15, 0.2) is 85.5 Å². The fraction of sp³-hybridized carbons (Fsp3) is 0.333. The maximum Gasteiger partial charge on any atom is 0.341 e. The first kappa shape index (κ1) is 34.6. The highest BCUT2D eigenvalue weighted by Crippen LogP contribution is 2.50. The van der Waals surface area contributed by atoms with Crippen LogP contribution in [-0.2, 0) is 26.8 Å². The molecule has 6 rings (SSSR count). The van der Waals surface area contributed by atoms with Crippen molar-refractivity contribution in [3.63, 3.8) is 0 Å². The molecule has 0 spiro atoms. The summed E-state index contributed by atoms with van der Waals surface area (Å²) in [4.78, 5) is 38.5. The zero-order valence-corrected chi connectivity index (χ0v) is 26.4. The number of hydrogen-bond acceptors (Lipinski definition) is 9. The molecule has 2 aliphatic carbocycles. The van der Waals surface area contributed by atoms with E-state index in [1.807, 2.05) is 24.3 Å². The molecular formula is C33H37Cl2N5O4. The van der Waals surface area contributed by atoms with Crippen molar-refractivity contribution in [1.29, 1.82) is 0 Å². The van der Waals surface area contributed by atoms with Gasteiger partial charge >= 0.3 is 11.9 Å². The van der Waals surface area contributed by atoms with Gasteiger partial charge in [-0.05, 0) is 62.3 Å². The molecule has 2 saturated carbocycles. The molecule has 11 heteroatoms. The van der Waals surface area contributed by atoms with E-state index in [1.54, 1.807) is 26.2 Å². The SMILES string of the molecule is CCOC(=O)c1cnc(CC2(c3ccccc3)CC2)nc1.CCOC(=O)c1cnc(Cl)nc1.Cl.NC1(c2ccccc2)CC1. The molecule has 0 bridgehead atoms. The molecular weight excluding hydrogens is 601 g/mol. The number of carbonyl (C=O) groups is 2. The number of esters is 2. The number of nitrogens with zero attached hydrogens (tertiary/aromatic N) is 4. The van der Waals surface area contributed by atoms with Gasteiger partial charge in [-0.25, -0.2) is 29.5 Å². The third-order valence-electron chi connectivity index (χ3n) is 7.22. The fourth-order valence-electron chi connectivity index (χ4n) is 4.40. The molecule has 2 aliphatic rings. The largest absolute Gasteiger partial charge is 0.462 e. The van der Waals surface area contributed by atoms with Crippen molar-refractivity contribution in [1.82, 2.24) is 19.9 Å². The molecule has 44 heavy (non-hydrogen) atoms. The predicted molar refractivity (Wildman–Crippen MR) is 171 cm³/mol. The van der Waals surface area contributed by atoms with Gasteiger partial charge in [-0.3, -0.25) is 0 Å². The van der Waals surface area contributed by atoms with Gasteiger partial charge in [0.1, 0.15) is 5.82 Å². The summed E-state index contributed by atoms with van der Waals surface area (Å²) in [5, 5.41) is 0.114. The van der Waals surface area contributed by atoms with Crippen molar-refractivity contribution in [2.75, 3.05) is 13.2 Å². The Morgan fingerprint density at radius 3 is 1.57 bits per heavy atom. The zero-order chi connectivity index (χ0) is 30.7. The highest BCUT2D eigenvalue weighted by molar-refractivity contribution is 6.28. The van der Waals surface area contributed by atoms with E-state index < -0.39 is 5.97 Å². The average molecular weight is 639 g/mol. The van der Waals surface area contributed by atoms with Crippen LogP contribution in [0.25, 0.3) is 0 Å². The smallest absolute Gasteiger partial charge is 0.341 e. The monoisotopic (exact) mass is 637 g/mol. The van der Waals surface area contributed by atoms with Crippen LogP contribution < -0.4 is 5.73 Å². The Morgan fingerprint density at radius 1 is 0.727 bits per heavy atom. The van der Waals surface area contributed by atoms with Crippen molar-refractivity contribution in [3.05, 3.63) is 119 Å². The minimum Gasteiger partial charge on any atom is -0.462 e. The summed E-state index contributed by atoms with van der Waals surface area (Å²) < 4.78 is 9.64. The summed E-state index contributed by atoms with van der Waals surface area (Å²) in [5.41, 5.74) is 9.55. The minimum absolute atomic E-state index is 0. The lowest BCUT2D eigenvalue weighted by molar-refractivity contribution is 0.0515. The topological polar surface area (TPSA) is 130 Å². The number of nitrogens with two attached hydrogens (primary N) is 1. The third-order valence-corrected chi connectivity index (χ3v) is 7.42. The van der Waals surface area contributed by atoms with Crippen LogP contribution in [0.3, 0.4) is 0 Å². The van der Waals surface area contributed by atoms with Crippen LogP contribution >= 0.6 is 24.0 Å². The van der Waals surface area contributed by atoms with E-state index in [0.29, 0.717) is 24.3 Å². The quantitative estimate of drug-likeness (QED) is 0.175. The Bertz CT molecular complexity index is 1470. The molecule has 0 aliphatic heterocycles. The molecule has 4 aromatic rings. The van der Waals surface area contributed by atoms with Crippen molar-refractivity contribution >= 4 is 35.9 Å². The van der Waals surface area contributed by atoms with Crippen LogP contribution in [-0.4, -0.2) is 45.1 Å². The first-order chi connectivity index (χ1) is 20.8. The summed E-state index contributed by atoms with van der Waals surface area (Å²) in [6, 6.07) is 20.8. The predicted octanol–water partition coefficient (Wildman–Crippen LogP) is 6.29. The van der Waals surface area contributed by atoms with E-state index in [1.165, 1.54) is 36.4 Å². The molecule has 2 aromatic carbocycles. The van der Waals surface area contributed by atoms with E-state index >= 15 is 0 Å². The number of carbonyl (C=O) groups excluding carboxylic acids is 2. The van der Waals surface area contributed by atoms with Gasteiger partial charge in [-0.2, -0.15) is 0 Å². The second-order valence-electron chi connectivity index (χ2n) is 10.4. The van der Waals surface area contributed by atoms with E-state index in [9.17, 15) is 9.59 Å². The zero-order valence-electron chi connectivity index (χ0n) is 24.8. The van der Waals surface area contributed by atoms with Gasteiger partial charge in [0.2, 0.25) is 5.28 Å². The van der Waals surface area contributed by atoms with Gasteiger partial charge in [0.25, 0.3) is 0 Å². The second-order valence-corrected chi connectivity index (χ2v) is 10.8. The van der Waals surface area contributed by atoms with Gasteiger partial charge in [-0.1, -0.05) is 60.7 Å². The van der Waals surface area contributed by atoms with Crippen molar-refractivity contribution < 1.29 is 19.1 Å². The lowest BCUT2D eigenvalue weighted by atomic mass is 9.92. The molecule has 0 amide bonds. The molecule has 0 unspecified atom stereocenters. The molecule has 2 N–H and O–H groups in total. The standard InChI is InChI=1S/C17H18N2O2.C9H11N.C7H7ClN2O2.ClH/c1-2-21-16(20)13-11-18-15(19-12-13)10-17(8-9-17)14-6-4-3-5-7-14;10-9(6-7-9)8-4-2-1-3-5-8;1-2-12-6(11)5-3-9-7(8)10-4-5;/h3-7,11-12H,2,8-10H2,1H3;1-5H,6-7,10H2;3-4H,2H2,1H3;1H. The normalized spacial score (nSPS) is 14.6. The lowest BCUT2D eigenvalue weighted by Crippen LogP contribution is -2.18. The highest BCUT2D eigenvalue weighted by Gasteiger charge is 2.44. The Balaban J connectivity index is 0.000000195. The Labute approximate surface area is 269 Å². The first-order valence-corrected chi connectivity index (χ1v) is 14.7. The fourth-order valence-corrected chi connectivity index (χ4v) is 4.50. The van der Waals surface area contributed by atoms with Crippen LogP contribution in [0.4, 0.5) is 0 Å². The van der Waals surface area contributed by atoms with Gasteiger partial charge < -0.3 is 15.2 Å². The second kappa shape index (κ2) is 16.2. The van der Waals surface area contributed by atoms with Gasteiger partial charge in [0, 0.05) is 42.2 Å². The number of aromatic nitrogens is 4. The molecule has 232 valence electrons. The van der Waals surface area contributed by atoms with Gasteiger partial charge in [0.15, 0.2) is 0 Å². The summed E-state index contributed by atoms with van der Waals surface area (Å²) in [6.07, 6.45) is 11.2. The summed E-state index contributed by atoms with van der Waals surface area (Å²) in [5.74, 6) is -0.0215. The number of rotatable bonds is 8. The molecule has 0 saturated heterocycles. The van der Waals surface area contributed by atoms with Crippen molar-refractivity contribution in [3.8, 4) is 0 Å². The van der Waals surface area contributed by atoms with E-state index in [4.69, 9.17) is 26.8 Å². The summed E-state index contributed by atoms with van der Waals surface area (Å²) in [6.45, 7) is 4.21. The van der Waals surface area contributed by atoms with Crippen LogP contribution in [0.5, 0.6) is 0 Å². The molecule has 2 heterocycles. The molecule has 9 nitrogen and oxygen atoms in total. The maximum absolute atomic E-state index is 11.6. The number of hydrogen-bond donors (Lipinski definition) is 1. The van der Waals surface area contributed by atoms with Crippen molar-refractivity contribution in [2.45, 2.75) is 56.9 Å². The molecule has 2 aromatic heterocycles. The maximum atomic E-state index is 11.6. The number of benzene rings is 2. The molecule has 0 atom stereocenters. The Kier molecular flexibility index (Phi) is 12.8. The molecule has 2 fully saturated rings. The summed E-state index contributed by atoms with van der Waals surface area (Å²) >= 11 is 5.42. The summed E-state index contributed by atoms with van der Waals surface area (Å²) in [7, 11) is 0. The minimum atomic E-state index is -0.436. The van der Waals surface area contributed by atoms with Gasteiger partial charge in [-0.15, -0.1) is 12.4 Å². The van der Waals surface area contributed by atoms with Crippen molar-refractivity contribution in [2.24, 2.45) is 5.73 Å². The third kappa shape index (κ3) is 9.80. The van der Waals surface area contributed by atoms with Crippen LogP contribution in [0.1, 0.15) is 77.2 Å².